The Hall–Kier alpha value is -0.370. The van der Waals surface area contributed by atoms with Crippen molar-refractivity contribution < 1.29 is 4.39 Å². The molecule has 0 aromatic heterocycles. The molecule has 0 unspecified atom stereocenters. The predicted molar refractivity (Wildman–Crippen MR) is 42.4 cm³/mol. The Kier molecular flexibility index (Phi) is 2.09. The van der Waals surface area contributed by atoms with Gasteiger partial charge in [-0.15, -0.1) is 0 Å². The maximum atomic E-state index is 12.7. The van der Waals surface area contributed by atoms with Crippen molar-refractivity contribution in [1.82, 2.24) is 0 Å². The molecule has 0 spiro atoms. The van der Waals surface area contributed by atoms with Crippen LogP contribution in [0.2, 0.25) is 0 Å². The minimum absolute atomic E-state index is 0.280. The average Bonchev–Trinajstić information content (AvgIpc) is 1.93. The molecule has 0 atom stereocenters. The second-order valence-electron chi connectivity index (χ2n) is 2.22. The molecule has 10 heavy (non-hydrogen) atoms. The topological polar surface area (TPSA) is 0 Å². The third kappa shape index (κ3) is 1.21. The van der Waals surface area contributed by atoms with Crippen LogP contribution in [0.1, 0.15) is 11.1 Å². The lowest BCUT2D eigenvalue weighted by Crippen LogP contribution is -1.86. The van der Waals surface area contributed by atoms with E-state index >= 15 is 0 Å². The molecule has 0 aliphatic carbocycles. The normalized spacial score (nSPS) is 10.0. The Labute approximate surface area is 68.2 Å². The van der Waals surface area contributed by atoms with E-state index in [2.05, 4.69) is 22.0 Å². The average molecular weight is 202 g/mol. The Morgan fingerprint density at radius 3 is 2.60 bits per heavy atom. The highest BCUT2D eigenvalue weighted by molar-refractivity contribution is 9.10. The molecule has 0 amide bonds. The van der Waals surface area contributed by atoms with Crippen LogP contribution in [0, 0.1) is 25.7 Å². The maximum absolute atomic E-state index is 12.7. The highest BCUT2D eigenvalue weighted by Crippen LogP contribution is 2.21. The number of halogens is 2. The van der Waals surface area contributed by atoms with Gasteiger partial charge in [0.25, 0.3) is 0 Å². The van der Waals surface area contributed by atoms with Gasteiger partial charge in [-0.3, -0.25) is 0 Å². The third-order valence-corrected chi connectivity index (χ3v) is 2.64. The van der Waals surface area contributed by atoms with E-state index in [4.69, 9.17) is 0 Å². The highest BCUT2D eigenvalue weighted by atomic mass is 79.9. The minimum atomic E-state index is -0.280. The molecule has 0 aliphatic rings. The summed E-state index contributed by atoms with van der Waals surface area (Å²) in [6, 6.07) is 4.14. The van der Waals surface area contributed by atoms with E-state index < -0.39 is 0 Å². The molecular formula is C8H7BrF. The van der Waals surface area contributed by atoms with Crippen molar-refractivity contribution in [2.24, 2.45) is 0 Å². The first-order valence-corrected chi connectivity index (χ1v) is 3.75. The number of rotatable bonds is 0. The second-order valence-corrected chi connectivity index (χ2v) is 3.02. The molecule has 0 N–H and O–H groups in total. The Morgan fingerprint density at radius 1 is 1.50 bits per heavy atom. The van der Waals surface area contributed by atoms with Gasteiger partial charge in [0.2, 0.25) is 0 Å². The van der Waals surface area contributed by atoms with Crippen LogP contribution in [0.3, 0.4) is 0 Å². The van der Waals surface area contributed by atoms with Gasteiger partial charge < -0.3 is 0 Å². The number of hydrogen-bond donors (Lipinski definition) is 0. The zero-order valence-corrected chi connectivity index (χ0v) is 7.42. The van der Waals surface area contributed by atoms with Gasteiger partial charge in [-0.2, -0.15) is 0 Å². The zero-order valence-electron chi connectivity index (χ0n) is 5.83. The fourth-order valence-electron chi connectivity index (χ4n) is 0.735. The summed E-state index contributed by atoms with van der Waals surface area (Å²) in [6.45, 7) is 3.63. The summed E-state index contributed by atoms with van der Waals surface area (Å²) in [7, 11) is 0. The molecular weight excluding hydrogens is 195 g/mol. The van der Waals surface area contributed by atoms with Gasteiger partial charge >= 0.3 is 0 Å². The molecule has 1 radical (unpaired) electrons. The van der Waals surface area contributed by atoms with E-state index in [-0.39, 0.29) is 5.82 Å². The largest absolute Gasteiger partial charge is 0.206 e. The van der Waals surface area contributed by atoms with Crippen LogP contribution >= 0.6 is 15.9 Å². The van der Waals surface area contributed by atoms with Gasteiger partial charge in [-0.25, -0.2) is 4.39 Å². The summed E-state index contributed by atoms with van der Waals surface area (Å²) in [5.74, 6) is -0.280. The highest BCUT2D eigenvalue weighted by Gasteiger charge is 2.02. The van der Waals surface area contributed by atoms with Crippen LogP contribution in [-0.2, 0) is 0 Å². The van der Waals surface area contributed by atoms with Crippen molar-refractivity contribution in [2.45, 2.75) is 13.8 Å². The second kappa shape index (κ2) is 2.70. The van der Waals surface area contributed by atoms with Crippen LogP contribution in [0.4, 0.5) is 4.39 Å². The smallest absolute Gasteiger partial charge is 0.135 e. The lowest BCUT2D eigenvalue weighted by molar-refractivity contribution is 0.614. The first kappa shape index (κ1) is 7.73. The Balaban J connectivity index is 3.34. The van der Waals surface area contributed by atoms with Gasteiger partial charge in [-0.05, 0) is 31.0 Å². The van der Waals surface area contributed by atoms with Crippen LogP contribution < -0.4 is 0 Å². The fourth-order valence-corrected chi connectivity index (χ4v) is 1.02. The van der Waals surface area contributed by atoms with Crippen LogP contribution in [0.15, 0.2) is 10.5 Å². The predicted octanol–water partition coefficient (Wildman–Crippen LogP) is 3.01. The summed E-state index contributed by atoms with van der Waals surface area (Å²) in [4.78, 5) is 0. The summed E-state index contributed by atoms with van der Waals surface area (Å²) in [6.07, 6.45) is 0. The van der Waals surface area contributed by atoms with E-state index in [1.54, 1.807) is 13.0 Å². The molecule has 0 heterocycles. The van der Waals surface area contributed by atoms with Crippen LogP contribution in [0.25, 0.3) is 0 Å². The van der Waals surface area contributed by atoms with E-state index in [1.807, 2.05) is 6.92 Å². The first-order chi connectivity index (χ1) is 4.63. The van der Waals surface area contributed by atoms with E-state index in [9.17, 15) is 4.39 Å². The molecule has 0 saturated carbocycles. The Bertz CT molecular complexity index is 229. The first-order valence-electron chi connectivity index (χ1n) is 2.96. The van der Waals surface area contributed by atoms with Crippen LogP contribution in [0.5, 0.6) is 0 Å². The number of hydrogen-bond acceptors (Lipinski definition) is 0. The molecule has 1 aromatic rings. The van der Waals surface area contributed by atoms with Gasteiger partial charge in [0.1, 0.15) is 5.82 Å². The maximum Gasteiger partial charge on any atom is 0.135 e. The van der Waals surface area contributed by atoms with Gasteiger partial charge in [0, 0.05) is 10.5 Å². The summed E-state index contributed by atoms with van der Waals surface area (Å²) < 4.78 is 13.5. The van der Waals surface area contributed by atoms with Crippen molar-refractivity contribution >= 4 is 15.9 Å². The quantitative estimate of drug-likeness (QED) is 0.606. The summed E-state index contributed by atoms with van der Waals surface area (Å²) in [5, 5.41) is 0. The monoisotopic (exact) mass is 201 g/mol. The van der Waals surface area contributed by atoms with Crippen LogP contribution in [-0.4, -0.2) is 0 Å². The molecule has 0 nitrogen and oxygen atoms in total. The third-order valence-electron chi connectivity index (χ3n) is 1.42. The van der Waals surface area contributed by atoms with E-state index in [0.29, 0.717) is 5.56 Å². The summed E-state index contributed by atoms with van der Waals surface area (Å²) >= 11 is 3.27. The molecule has 1 aromatic carbocycles. The van der Waals surface area contributed by atoms with Gasteiger partial charge in [0.05, 0.1) is 0 Å². The summed E-state index contributed by atoms with van der Waals surface area (Å²) in [5.41, 5.74) is 1.64. The number of aryl methyl sites for hydroxylation is 1. The molecule has 1 rings (SSSR count). The minimum Gasteiger partial charge on any atom is -0.206 e. The van der Waals surface area contributed by atoms with Crippen molar-refractivity contribution in [1.29, 1.82) is 0 Å². The Morgan fingerprint density at radius 2 is 2.10 bits per heavy atom. The molecule has 0 fully saturated rings. The van der Waals surface area contributed by atoms with Crippen molar-refractivity contribution in [3.8, 4) is 0 Å². The molecule has 0 aliphatic heterocycles. The lowest BCUT2D eigenvalue weighted by Gasteiger charge is -2.01. The SMILES string of the molecule is Cc1c[c]c(F)c(C)c1Br. The lowest BCUT2D eigenvalue weighted by atomic mass is 10.1. The van der Waals surface area contributed by atoms with Crippen molar-refractivity contribution in [3.05, 3.63) is 33.5 Å². The molecule has 0 saturated heterocycles. The van der Waals surface area contributed by atoms with Crippen molar-refractivity contribution in [3.63, 3.8) is 0 Å². The van der Waals surface area contributed by atoms with Crippen molar-refractivity contribution in [2.75, 3.05) is 0 Å². The fraction of sp³-hybridized carbons (Fsp3) is 0.250. The number of benzene rings is 1. The molecule has 0 bridgehead atoms. The van der Waals surface area contributed by atoms with Gasteiger partial charge in [-0.1, -0.05) is 15.9 Å². The standard InChI is InChI=1S/C8H7BrF/c1-5-3-4-7(10)6(2)8(5)9/h3H,1-2H3. The van der Waals surface area contributed by atoms with E-state index in [1.165, 1.54) is 0 Å². The molecule has 53 valence electrons. The van der Waals surface area contributed by atoms with E-state index in [0.717, 1.165) is 10.0 Å². The van der Waals surface area contributed by atoms with Gasteiger partial charge in [0.15, 0.2) is 0 Å². The molecule has 2 heteroatoms. The zero-order chi connectivity index (χ0) is 7.72.